The Morgan fingerprint density at radius 3 is 1.96 bits per heavy atom. The molecule has 3 nitrogen and oxygen atoms in total. The van der Waals surface area contributed by atoms with Gasteiger partial charge in [-0.05, 0) is 52.6 Å². The zero-order valence-electron chi connectivity index (χ0n) is 15.8. The van der Waals surface area contributed by atoms with E-state index in [1.165, 1.54) is 5.56 Å². The Kier molecular flexibility index (Phi) is 5.56. The SMILES string of the molecule is CC(C)(C)CC(C)(C)c1ccc(OCc2ccc(C(=O)O)cc2)cc1. The third-order valence-electron chi connectivity index (χ3n) is 4.21. The topological polar surface area (TPSA) is 46.5 Å². The van der Waals surface area contributed by atoms with E-state index in [1.54, 1.807) is 24.3 Å². The second kappa shape index (κ2) is 7.30. The third kappa shape index (κ3) is 5.63. The summed E-state index contributed by atoms with van der Waals surface area (Å²) in [5.41, 5.74) is 2.93. The molecule has 0 spiro atoms. The highest BCUT2D eigenvalue weighted by Gasteiger charge is 2.27. The van der Waals surface area contributed by atoms with Gasteiger partial charge in [0.25, 0.3) is 0 Å². The molecule has 0 bridgehead atoms. The molecule has 2 rings (SSSR count). The van der Waals surface area contributed by atoms with Crippen LogP contribution in [-0.4, -0.2) is 11.1 Å². The molecule has 0 aliphatic carbocycles. The van der Waals surface area contributed by atoms with E-state index in [0.29, 0.717) is 6.61 Å². The van der Waals surface area contributed by atoms with Crippen molar-refractivity contribution in [3.05, 3.63) is 65.2 Å². The summed E-state index contributed by atoms with van der Waals surface area (Å²) in [5, 5.41) is 8.91. The minimum absolute atomic E-state index is 0.115. The van der Waals surface area contributed by atoms with Gasteiger partial charge in [-0.15, -0.1) is 0 Å². The lowest BCUT2D eigenvalue weighted by Crippen LogP contribution is -2.24. The second-order valence-corrected chi connectivity index (χ2v) is 8.44. The Bertz CT molecular complexity index is 704. The molecule has 0 aliphatic heterocycles. The number of hydrogen-bond acceptors (Lipinski definition) is 2. The van der Waals surface area contributed by atoms with Crippen LogP contribution < -0.4 is 4.74 Å². The van der Waals surface area contributed by atoms with Crippen LogP contribution in [0.2, 0.25) is 0 Å². The van der Waals surface area contributed by atoms with E-state index in [2.05, 4.69) is 46.8 Å². The maximum atomic E-state index is 10.9. The van der Waals surface area contributed by atoms with Gasteiger partial charge in [-0.25, -0.2) is 4.79 Å². The lowest BCUT2D eigenvalue weighted by Gasteiger charge is -2.33. The number of aromatic carboxylic acids is 1. The van der Waals surface area contributed by atoms with Crippen molar-refractivity contribution in [1.29, 1.82) is 0 Å². The Balaban J connectivity index is 1.99. The van der Waals surface area contributed by atoms with Gasteiger partial charge < -0.3 is 9.84 Å². The summed E-state index contributed by atoms with van der Waals surface area (Å²) in [6.45, 7) is 11.8. The maximum absolute atomic E-state index is 10.9. The molecule has 0 radical (unpaired) electrons. The lowest BCUT2D eigenvalue weighted by atomic mass is 9.72. The molecule has 0 aromatic heterocycles. The standard InChI is InChI=1S/C22H28O3/c1-21(2,3)15-22(4,5)18-10-12-19(13-11-18)25-14-16-6-8-17(9-7-16)20(23)24/h6-13H,14-15H2,1-5H3,(H,23,24). The van der Waals surface area contributed by atoms with E-state index >= 15 is 0 Å². The van der Waals surface area contributed by atoms with Crippen molar-refractivity contribution in [1.82, 2.24) is 0 Å². The number of carbonyl (C=O) groups is 1. The van der Waals surface area contributed by atoms with E-state index in [1.807, 2.05) is 12.1 Å². The molecule has 25 heavy (non-hydrogen) atoms. The van der Waals surface area contributed by atoms with Gasteiger partial charge in [-0.2, -0.15) is 0 Å². The highest BCUT2D eigenvalue weighted by molar-refractivity contribution is 5.87. The van der Waals surface area contributed by atoms with Gasteiger partial charge in [-0.3, -0.25) is 0 Å². The van der Waals surface area contributed by atoms with Gasteiger partial charge in [0, 0.05) is 0 Å². The fourth-order valence-corrected chi connectivity index (χ4v) is 3.34. The quantitative estimate of drug-likeness (QED) is 0.736. The van der Waals surface area contributed by atoms with Crippen LogP contribution in [0.1, 0.15) is 62.5 Å². The third-order valence-corrected chi connectivity index (χ3v) is 4.21. The predicted octanol–water partition coefficient (Wildman–Crippen LogP) is 5.68. The van der Waals surface area contributed by atoms with Crippen molar-refractivity contribution in [2.75, 3.05) is 0 Å². The smallest absolute Gasteiger partial charge is 0.335 e. The summed E-state index contributed by atoms with van der Waals surface area (Å²) in [7, 11) is 0. The first-order valence-corrected chi connectivity index (χ1v) is 8.62. The number of ether oxygens (including phenoxy) is 1. The van der Waals surface area contributed by atoms with Crippen LogP contribution in [-0.2, 0) is 12.0 Å². The second-order valence-electron chi connectivity index (χ2n) is 8.44. The molecule has 0 heterocycles. The van der Waals surface area contributed by atoms with Crippen molar-refractivity contribution < 1.29 is 14.6 Å². The molecule has 1 N–H and O–H groups in total. The van der Waals surface area contributed by atoms with Crippen LogP contribution in [0, 0.1) is 5.41 Å². The molecular weight excluding hydrogens is 312 g/mol. The molecule has 0 aliphatic rings. The first kappa shape index (κ1) is 19.0. The Labute approximate surface area is 150 Å². The van der Waals surface area contributed by atoms with E-state index in [0.717, 1.165) is 17.7 Å². The summed E-state index contributed by atoms with van der Waals surface area (Å²) in [6, 6.07) is 15.0. The average molecular weight is 340 g/mol. The normalized spacial score (nSPS) is 12.0. The molecule has 2 aromatic carbocycles. The van der Waals surface area contributed by atoms with E-state index in [4.69, 9.17) is 9.84 Å². The Hall–Kier alpha value is -2.29. The van der Waals surface area contributed by atoms with Crippen LogP contribution in [0.15, 0.2) is 48.5 Å². The summed E-state index contributed by atoms with van der Waals surface area (Å²) in [5.74, 6) is -0.0986. The number of carboxylic acids is 1. The van der Waals surface area contributed by atoms with Gasteiger partial charge in [0.2, 0.25) is 0 Å². The molecule has 0 amide bonds. The molecule has 0 unspecified atom stereocenters. The van der Waals surface area contributed by atoms with Crippen LogP contribution in [0.25, 0.3) is 0 Å². The van der Waals surface area contributed by atoms with Crippen molar-refractivity contribution in [2.45, 2.75) is 53.1 Å². The fraction of sp³-hybridized carbons (Fsp3) is 0.409. The molecule has 3 heteroatoms. The molecule has 2 aromatic rings. The molecular formula is C22H28O3. The van der Waals surface area contributed by atoms with Gasteiger partial charge in [0.05, 0.1) is 5.56 Å². The largest absolute Gasteiger partial charge is 0.489 e. The average Bonchev–Trinajstić information content (AvgIpc) is 2.51. The van der Waals surface area contributed by atoms with Gasteiger partial charge in [-0.1, -0.05) is 58.9 Å². The predicted molar refractivity (Wildman–Crippen MR) is 101 cm³/mol. The lowest BCUT2D eigenvalue weighted by molar-refractivity contribution is 0.0697. The van der Waals surface area contributed by atoms with Gasteiger partial charge in [0.15, 0.2) is 0 Å². The highest BCUT2D eigenvalue weighted by atomic mass is 16.5. The number of hydrogen-bond donors (Lipinski definition) is 1. The first-order valence-electron chi connectivity index (χ1n) is 8.62. The zero-order valence-corrected chi connectivity index (χ0v) is 15.8. The van der Waals surface area contributed by atoms with Crippen LogP contribution in [0.5, 0.6) is 5.75 Å². The number of carboxylic acid groups (broad SMARTS) is 1. The van der Waals surface area contributed by atoms with E-state index in [-0.39, 0.29) is 16.4 Å². The minimum atomic E-state index is -0.916. The minimum Gasteiger partial charge on any atom is -0.489 e. The van der Waals surface area contributed by atoms with Crippen molar-refractivity contribution in [3.8, 4) is 5.75 Å². The van der Waals surface area contributed by atoms with Crippen molar-refractivity contribution in [2.24, 2.45) is 5.41 Å². The number of benzene rings is 2. The zero-order chi connectivity index (χ0) is 18.7. The van der Waals surface area contributed by atoms with Crippen molar-refractivity contribution in [3.63, 3.8) is 0 Å². The van der Waals surface area contributed by atoms with Crippen LogP contribution in [0.3, 0.4) is 0 Å². The fourth-order valence-electron chi connectivity index (χ4n) is 3.34. The Morgan fingerprint density at radius 1 is 0.920 bits per heavy atom. The maximum Gasteiger partial charge on any atom is 0.335 e. The molecule has 0 saturated heterocycles. The van der Waals surface area contributed by atoms with Crippen LogP contribution >= 0.6 is 0 Å². The van der Waals surface area contributed by atoms with E-state index in [9.17, 15) is 4.79 Å². The molecule has 0 fully saturated rings. The highest BCUT2D eigenvalue weighted by Crippen LogP contribution is 2.36. The number of rotatable bonds is 6. The summed E-state index contributed by atoms with van der Waals surface area (Å²) >= 11 is 0. The molecule has 0 atom stereocenters. The Morgan fingerprint density at radius 2 is 1.48 bits per heavy atom. The summed E-state index contributed by atoms with van der Waals surface area (Å²) in [6.07, 6.45) is 1.11. The monoisotopic (exact) mass is 340 g/mol. The molecule has 0 saturated carbocycles. The van der Waals surface area contributed by atoms with E-state index < -0.39 is 5.97 Å². The van der Waals surface area contributed by atoms with Gasteiger partial charge in [0.1, 0.15) is 12.4 Å². The summed E-state index contributed by atoms with van der Waals surface area (Å²) in [4.78, 5) is 10.9. The van der Waals surface area contributed by atoms with Gasteiger partial charge >= 0.3 is 5.97 Å². The summed E-state index contributed by atoms with van der Waals surface area (Å²) < 4.78 is 5.81. The molecule has 134 valence electrons. The first-order chi connectivity index (χ1) is 11.6. The van der Waals surface area contributed by atoms with Crippen LogP contribution in [0.4, 0.5) is 0 Å². The van der Waals surface area contributed by atoms with Crippen molar-refractivity contribution >= 4 is 5.97 Å².